The van der Waals surface area contributed by atoms with Gasteiger partial charge in [0.2, 0.25) is 0 Å². The second-order valence-electron chi connectivity index (χ2n) is 5.65. The average Bonchev–Trinajstić information content (AvgIpc) is 3.05. The molecule has 0 aliphatic heterocycles. The number of ether oxygens (including phenoxy) is 1. The summed E-state index contributed by atoms with van der Waals surface area (Å²) in [6.07, 6.45) is 1.53. The standard InChI is InChI=1S/C18H23BrF2N4O2/c1-4-14-13(15(5-2)27-25-14)10-24-18(22-3)23-9-11-8-12(19)6-7-16(11)26-17(20)21/h6-8,17H,4-5,9-10H2,1-3H3,(H2,22,23,24). The molecule has 0 atom stereocenters. The van der Waals surface area contributed by atoms with Crippen LogP contribution in [0.4, 0.5) is 8.78 Å². The maximum atomic E-state index is 12.6. The zero-order valence-corrected chi connectivity index (χ0v) is 17.1. The number of halogens is 3. The summed E-state index contributed by atoms with van der Waals surface area (Å²) in [5, 5.41) is 10.4. The molecule has 2 aromatic rings. The number of nitrogens with zero attached hydrogens (tertiary/aromatic N) is 2. The van der Waals surface area contributed by atoms with E-state index in [1.165, 1.54) is 6.07 Å². The van der Waals surface area contributed by atoms with Gasteiger partial charge in [-0.3, -0.25) is 4.99 Å². The van der Waals surface area contributed by atoms with Crippen LogP contribution in [0.15, 0.2) is 32.2 Å². The Hall–Kier alpha value is -2.16. The predicted molar refractivity (Wildman–Crippen MR) is 103 cm³/mol. The van der Waals surface area contributed by atoms with E-state index < -0.39 is 6.61 Å². The van der Waals surface area contributed by atoms with E-state index >= 15 is 0 Å². The quantitative estimate of drug-likeness (QED) is 0.474. The molecule has 0 fully saturated rings. The number of aliphatic imine (C=N–C) groups is 1. The molecule has 0 saturated heterocycles. The first-order chi connectivity index (χ1) is 13.0. The number of rotatable bonds is 8. The van der Waals surface area contributed by atoms with Crippen LogP contribution in [0.25, 0.3) is 0 Å². The van der Waals surface area contributed by atoms with Crippen molar-refractivity contribution in [3.63, 3.8) is 0 Å². The van der Waals surface area contributed by atoms with E-state index in [1.54, 1.807) is 19.2 Å². The summed E-state index contributed by atoms with van der Waals surface area (Å²) in [6.45, 7) is 1.93. The van der Waals surface area contributed by atoms with Crippen LogP contribution in [0.2, 0.25) is 0 Å². The van der Waals surface area contributed by atoms with Gasteiger partial charge in [0, 0.05) is 42.2 Å². The van der Waals surface area contributed by atoms with Crippen LogP contribution in [-0.4, -0.2) is 24.8 Å². The van der Waals surface area contributed by atoms with E-state index in [4.69, 9.17) is 4.52 Å². The highest BCUT2D eigenvalue weighted by atomic mass is 79.9. The Morgan fingerprint density at radius 2 is 2.00 bits per heavy atom. The molecule has 9 heteroatoms. The van der Waals surface area contributed by atoms with E-state index in [0.29, 0.717) is 18.1 Å². The van der Waals surface area contributed by atoms with Gasteiger partial charge in [0.1, 0.15) is 11.5 Å². The first-order valence-electron chi connectivity index (χ1n) is 8.62. The van der Waals surface area contributed by atoms with Gasteiger partial charge in [-0.2, -0.15) is 8.78 Å². The summed E-state index contributed by atoms with van der Waals surface area (Å²) in [4.78, 5) is 4.17. The largest absolute Gasteiger partial charge is 0.434 e. The smallest absolute Gasteiger partial charge is 0.387 e. The first kappa shape index (κ1) is 21.1. The monoisotopic (exact) mass is 444 g/mol. The third kappa shape index (κ3) is 5.92. The molecule has 2 N–H and O–H groups in total. The van der Waals surface area contributed by atoms with E-state index in [2.05, 4.69) is 41.4 Å². The molecule has 1 heterocycles. The van der Waals surface area contributed by atoms with Gasteiger partial charge < -0.3 is 19.9 Å². The number of guanidine groups is 1. The SMILES string of the molecule is CCc1noc(CC)c1CNC(=NC)NCc1cc(Br)ccc1OC(F)F. The lowest BCUT2D eigenvalue weighted by Gasteiger charge is -2.15. The molecule has 0 spiro atoms. The molecule has 0 saturated carbocycles. The molecule has 148 valence electrons. The normalized spacial score (nSPS) is 11.7. The van der Waals surface area contributed by atoms with Crippen molar-refractivity contribution in [2.75, 3.05) is 7.05 Å². The topological polar surface area (TPSA) is 71.7 Å². The number of hydrogen-bond acceptors (Lipinski definition) is 4. The molecule has 6 nitrogen and oxygen atoms in total. The van der Waals surface area contributed by atoms with Crippen molar-refractivity contribution in [2.24, 2.45) is 4.99 Å². The van der Waals surface area contributed by atoms with Gasteiger partial charge in [-0.15, -0.1) is 0 Å². The highest BCUT2D eigenvalue weighted by Crippen LogP contribution is 2.24. The fourth-order valence-electron chi connectivity index (χ4n) is 2.61. The molecule has 0 aliphatic rings. The third-order valence-corrected chi connectivity index (χ3v) is 4.44. The van der Waals surface area contributed by atoms with Crippen LogP contribution >= 0.6 is 15.9 Å². The minimum absolute atomic E-state index is 0.122. The van der Waals surface area contributed by atoms with Gasteiger partial charge in [-0.25, -0.2) is 0 Å². The Labute approximate surface area is 165 Å². The Balaban J connectivity index is 2.03. The van der Waals surface area contributed by atoms with Crippen molar-refractivity contribution in [3.8, 4) is 5.75 Å². The van der Waals surface area contributed by atoms with Crippen LogP contribution in [-0.2, 0) is 25.9 Å². The Morgan fingerprint density at radius 1 is 1.26 bits per heavy atom. The summed E-state index contributed by atoms with van der Waals surface area (Å²) in [6, 6.07) is 4.88. The fourth-order valence-corrected chi connectivity index (χ4v) is 3.02. The Kier molecular flexibility index (Phi) is 8.02. The minimum atomic E-state index is -2.88. The third-order valence-electron chi connectivity index (χ3n) is 3.95. The van der Waals surface area contributed by atoms with E-state index in [-0.39, 0.29) is 12.3 Å². The van der Waals surface area contributed by atoms with Gasteiger partial charge in [0.05, 0.1) is 5.69 Å². The lowest BCUT2D eigenvalue weighted by Crippen LogP contribution is -2.36. The molecular formula is C18H23BrF2N4O2. The van der Waals surface area contributed by atoms with Crippen molar-refractivity contribution in [1.82, 2.24) is 15.8 Å². The molecule has 27 heavy (non-hydrogen) atoms. The van der Waals surface area contributed by atoms with Gasteiger partial charge >= 0.3 is 6.61 Å². The van der Waals surface area contributed by atoms with Crippen LogP contribution in [0, 0.1) is 0 Å². The second-order valence-corrected chi connectivity index (χ2v) is 6.56. The maximum absolute atomic E-state index is 12.6. The molecule has 1 aromatic heterocycles. The number of benzene rings is 1. The molecule has 0 amide bonds. The van der Waals surface area contributed by atoms with E-state index in [0.717, 1.165) is 34.3 Å². The molecule has 0 bridgehead atoms. The molecule has 1 aromatic carbocycles. The molecule has 2 rings (SSSR count). The number of aryl methyl sites for hydroxylation is 2. The van der Waals surface area contributed by atoms with Gasteiger partial charge in [0.25, 0.3) is 0 Å². The number of alkyl halides is 2. The zero-order chi connectivity index (χ0) is 19.8. The number of aromatic nitrogens is 1. The summed E-state index contributed by atoms with van der Waals surface area (Å²) < 4.78 is 35.9. The van der Waals surface area contributed by atoms with Gasteiger partial charge in [-0.1, -0.05) is 34.9 Å². The van der Waals surface area contributed by atoms with Crippen molar-refractivity contribution in [2.45, 2.75) is 46.4 Å². The Bertz CT molecular complexity index is 759. The fraction of sp³-hybridized carbons (Fsp3) is 0.444. The summed E-state index contributed by atoms with van der Waals surface area (Å²) in [7, 11) is 1.64. The lowest BCUT2D eigenvalue weighted by atomic mass is 10.1. The van der Waals surface area contributed by atoms with Crippen molar-refractivity contribution >= 4 is 21.9 Å². The number of nitrogens with one attached hydrogen (secondary N) is 2. The highest BCUT2D eigenvalue weighted by Gasteiger charge is 2.14. The second kappa shape index (κ2) is 10.2. The lowest BCUT2D eigenvalue weighted by molar-refractivity contribution is -0.0504. The van der Waals surface area contributed by atoms with E-state index in [9.17, 15) is 8.78 Å². The van der Waals surface area contributed by atoms with Gasteiger partial charge in [-0.05, 0) is 24.6 Å². The molecule has 0 aliphatic carbocycles. The first-order valence-corrected chi connectivity index (χ1v) is 9.41. The van der Waals surface area contributed by atoms with Gasteiger partial charge in [0.15, 0.2) is 5.96 Å². The Morgan fingerprint density at radius 3 is 2.63 bits per heavy atom. The van der Waals surface area contributed by atoms with Crippen LogP contribution in [0.1, 0.15) is 36.4 Å². The van der Waals surface area contributed by atoms with Crippen molar-refractivity contribution in [3.05, 3.63) is 45.3 Å². The maximum Gasteiger partial charge on any atom is 0.387 e. The average molecular weight is 445 g/mol. The van der Waals surface area contributed by atoms with Crippen LogP contribution in [0.5, 0.6) is 5.75 Å². The highest BCUT2D eigenvalue weighted by molar-refractivity contribution is 9.10. The van der Waals surface area contributed by atoms with Crippen molar-refractivity contribution < 1.29 is 18.0 Å². The van der Waals surface area contributed by atoms with E-state index in [1.807, 2.05) is 13.8 Å². The molecular weight excluding hydrogens is 422 g/mol. The molecule has 0 unspecified atom stereocenters. The van der Waals surface area contributed by atoms with Crippen molar-refractivity contribution in [1.29, 1.82) is 0 Å². The van der Waals surface area contributed by atoms with Crippen LogP contribution in [0.3, 0.4) is 0 Å². The summed E-state index contributed by atoms with van der Waals surface area (Å²) in [5.74, 6) is 1.49. The minimum Gasteiger partial charge on any atom is -0.434 e. The van der Waals surface area contributed by atoms with Crippen LogP contribution < -0.4 is 15.4 Å². The zero-order valence-electron chi connectivity index (χ0n) is 15.5. The number of hydrogen-bond donors (Lipinski definition) is 2. The summed E-state index contributed by atoms with van der Waals surface area (Å²) in [5.41, 5.74) is 2.52. The predicted octanol–water partition coefficient (Wildman–Crippen LogP) is 4.03. The summed E-state index contributed by atoms with van der Waals surface area (Å²) >= 11 is 3.34. The molecule has 0 radical (unpaired) electrons.